The van der Waals surface area contributed by atoms with E-state index in [1.54, 1.807) is 11.3 Å². The number of halogens is 2. The molecule has 2 aromatic rings. The van der Waals surface area contributed by atoms with Gasteiger partial charge in [0.25, 0.3) is 0 Å². The van der Waals surface area contributed by atoms with Gasteiger partial charge in [0.15, 0.2) is 5.96 Å². The van der Waals surface area contributed by atoms with Crippen molar-refractivity contribution in [3.05, 3.63) is 49.9 Å². The predicted octanol–water partition coefficient (Wildman–Crippen LogP) is 4.54. The Bertz CT molecular complexity index is 755. The Labute approximate surface area is 179 Å². The second kappa shape index (κ2) is 8.81. The van der Waals surface area contributed by atoms with E-state index < -0.39 is 0 Å². The Morgan fingerprint density at radius 3 is 2.64 bits per heavy atom. The maximum absolute atomic E-state index is 4.47. The number of thiazole rings is 1. The summed E-state index contributed by atoms with van der Waals surface area (Å²) < 4.78 is 1.14. The fourth-order valence-electron chi connectivity index (χ4n) is 2.91. The van der Waals surface area contributed by atoms with E-state index in [2.05, 4.69) is 67.7 Å². The molecule has 0 radical (unpaired) electrons. The zero-order chi connectivity index (χ0) is 17.2. The first kappa shape index (κ1) is 20.6. The second-order valence-corrected chi connectivity index (χ2v) is 8.51. The molecule has 4 nitrogen and oxygen atoms in total. The van der Waals surface area contributed by atoms with Gasteiger partial charge in [0.05, 0.1) is 17.2 Å². The van der Waals surface area contributed by atoms with Crippen molar-refractivity contribution in [2.24, 2.45) is 4.99 Å². The van der Waals surface area contributed by atoms with Gasteiger partial charge in [0.2, 0.25) is 0 Å². The van der Waals surface area contributed by atoms with Gasteiger partial charge in [-0.2, -0.15) is 0 Å². The van der Waals surface area contributed by atoms with E-state index >= 15 is 0 Å². The molecule has 1 aromatic heterocycles. The Morgan fingerprint density at radius 1 is 1.32 bits per heavy atom. The summed E-state index contributed by atoms with van der Waals surface area (Å²) in [6.07, 6.45) is 2.45. The largest absolute Gasteiger partial charge is 0.356 e. The molecule has 0 amide bonds. The van der Waals surface area contributed by atoms with Gasteiger partial charge in [-0.1, -0.05) is 28.1 Å². The van der Waals surface area contributed by atoms with Crippen molar-refractivity contribution in [2.45, 2.75) is 38.6 Å². The minimum absolute atomic E-state index is 0. The van der Waals surface area contributed by atoms with Crippen molar-refractivity contribution in [1.82, 2.24) is 15.6 Å². The van der Waals surface area contributed by atoms with Crippen LogP contribution in [-0.4, -0.2) is 24.5 Å². The lowest BCUT2D eigenvalue weighted by molar-refractivity contribution is 0.645. The van der Waals surface area contributed by atoms with Crippen LogP contribution in [0.1, 0.15) is 34.0 Å². The molecule has 1 aromatic carbocycles. The zero-order valence-electron chi connectivity index (χ0n) is 14.7. The van der Waals surface area contributed by atoms with E-state index in [1.165, 1.54) is 23.3 Å². The average Bonchev–Trinajstić information content (AvgIpc) is 3.28. The molecule has 0 saturated heterocycles. The van der Waals surface area contributed by atoms with Crippen LogP contribution in [0, 0.1) is 13.8 Å². The second-order valence-electron chi connectivity index (χ2n) is 6.31. The van der Waals surface area contributed by atoms with E-state index in [-0.39, 0.29) is 29.4 Å². The topological polar surface area (TPSA) is 49.3 Å². The summed E-state index contributed by atoms with van der Waals surface area (Å²) in [7, 11) is 1.82. The molecule has 2 N–H and O–H groups in total. The molecular weight excluding hydrogens is 511 g/mol. The molecule has 1 aliphatic rings. The van der Waals surface area contributed by atoms with Crippen LogP contribution in [0.4, 0.5) is 0 Å². The van der Waals surface area contributed by atoms with Crippen molar-refractivity contribution >= 4 is 57.2 Å². The van der Waals surface area contributed by atoms with Gasteiger partial charge in [-0.15, -0.1) is 35.3 Å². The molecule has 7 heteroatoms. The first-order chi connectivity index (χ1) is 11.5. The molecule has 1 aliphatic carbocycles. The molecule has 1 heterocycles. The maximum atomic E-state index is 4.47. The summed E-state index contributed by atoms with van der Waals surface area (Å²) in [4.78, 5) is 10.1. The van der Waals surface area contributed by atoms with Gasteiger partial charge < -0.3 is 10.6 Å². The highest BCUT2D eigenvalue weighted by Crippen LogP contribution is 2.48. The average molecular weight is 535 g/mol. The zero-order valence-corrected chi connectivity index (χ0v) is 19.5. The molecule has 1 fully saturated rings. The first-order valence-corrected chi connectivity index (χ1v) is 9.77. The minimum Gasteiger partial charge on any atom is -0.356 e. The fourth-order valence-corrected chi connectivity index (χ4v) is 4.19. The highest BCUT2D eigenvalue weighted by Gasteiger charge is 2.44. The molecule has 1 saturated carbocycles. The van der Waals surface area contributed by atoms with Crippen LogP contribution in [0.2, 0.25) is 0 Å². The van der Waals surface area contributed by atoms with E-state index in [0.29, 0.717) is 0 Å². The number of hydrogen-bond acceptors (Lipinski definition) is 3. The molecule has 3 rings (SSSR count). The Kier molecular flexibility index (Phi) is 7.28. The van der Waals surface area contributed by atoms with Crippen LogP contribution in [0.15, 0.2) is 33.7 Å². The predicted molar refractivity (Wildman–Crippen MR) is 120 cm³/mol. The SMILES string of the molecule is CN=C(NCc1sc(C)nc1C)NCC1(c2cccc(Br)c2)CC1.I. The smallest absolute Gasteiger partial charge is 0.191 e. The number of rotatable bonds is 5. The maximum Gasteiger partial charge on any atom is 0.191 e. The van der Waals surface area contributed by atoms with Crippen molar-refractivity contribution in [3.63, 3.8) is 0 Å². The van der Waals surface area contributed by atoms with E-state index in [9.17, 15) is 0 Å². The van der Waals surface area contributed by atoms with Crippen molar-refractivity contribution in [2.75, 3.05) is 13.6 Å². The van der Waals surface area contributed by atoms with Gasteiger partial charge in [-0.25, -0.2) is 4.98 Å². The first-order valence-electron chi connectivity index (χ1n) is 8.16. The summed E-state index contributed by atoms with van der Waals surface area (Å²) in [5.41, 5.74) is 2.75. The number of nitrogens with zero attached hydrogens (tertiary/aromatic N) is 2. The van der Waals surface area contributed by atoms with E-state index in [1.807, 2.05) is 14.0 Å². The molecular formula is C18H24BrIN4S. The van der Waals surface area contributed by atoms with Gasteiger partial charge in [0.1, 0.15) is 0 Å². The van der Waals surface area contributed by atoms with Crippen LogP contribution in [0.3, 0.4) is 0 Å². The van der Waals surface area contributed by atoms with Gasteiger partial charge in [-0.05, 0) is 44.4 Å². The van der Waals surface area contributed by atoms with Crippen LogP contribution in [0.5, 0.6) is 0 Å². The van der Waals surface area contributed by atoms with Gasteiger partial charge in [0, 0.05) is 28.4 Å². The highest BCUT2D eigenvalue weighted by molar-refractivity contribution is 14.0. The summed E-state index contributed by atoms with van der Waals surface area (Å²) in [6.45, 7) is 5.77. The number of nitrogens with one attached hydrogen (secondary N) is 2. The summed E-state index contributed by atoms with van der Waals surface area (Å²) in [5, 5.41) is 8.01. The summed E-state index contributed by atoms with van der Waals surface area (Å²) in [6, 6.07) is 8.64. The number of aromatic nitrogens is 1. The Morgan fingerprint density at radius 2 is 2.08 bits per heavy atom. The quantitative estimate of drug-likeness (QED) is 0.336. The van der Waals surface area contributed by atoms with Crippen LogP contribution in [0.25, 0.3) is 0 Å². The molecule has 0 bridgehead atoms. The number of aryl methyl sites for hydroxylation is 2. The molecule has 25 heavy (non-hydrogen) atoms. The Hall–Kier alpha value is -0.670. The number of guanidine groups is 1. The highest BCUT2D eigenvalue weighted by atomic mass is 127. The lowest BCUT2D eigenvalue weighted by Crippen LogP contribution is -2.40. The minimum atomic E-state index is 0. The lowest BCUT2D eigenvalue weighted by atomic mass is 9.96. The van der Waals surface area contributed by atoms with Crippen LogP contribution < -0.4 is 10.6 Å². The molecule has 0 unspecified atom stereocenters. The van der Waals surface area contributed by atoms with Crippen molar-refractivity contribution in [1.29, 1.82) is 0 Å². The molecule has 0 atom stereocenters. The monoisotopic (exact) mass is 534 g/mol. The summed E-state index contributed by atoms with van der Waals surface area (Å²) in [5.74, 6) is 0.849. The standard InChI is InChI=1S/C18H23BrN4S.HI/c1-12-16(24-13(2)23-12)10-21-17(20-3)22-11-18(7-8-18)14-5-4-6-15(19)9-14;/h4-6,9H,7-8,10-11H2,1-3H3,(H2,20,21,22);1H. The normalized spacial score (nSPS) is 15.4. The van der Waals surface area contributed by atoms with Crippen molar-refractivity contribution < 1.29 is 0 Å². The van der Waals surface area contributed by atoms with Crippen LogP contribution in [-0.2, 0) is 12.0 Å². The number of benzene rings is 1. The molecule has 0 aliphatic heterocycles. The number of hydrogen-bond donors (Lipinski definition) is 2. The van der Waals surface area contributed by atoms with E-state index in [0.717, 1.165) is 34.2 Å². The fraction of sp³-hybridized carbons (Fsp3) is 0.444. The third-order valence-corrected chi connectivity index (χ3v) is 6.09. The third kappa shape index (κ3) is 5.17. The summed E-state index contributed by atoms with van der Waals surface area (Å²) >= 11 is 5.31. The van der Waals surface area contributed by atoms with Gasteiger partial charge >= 0.3 is 0 Å². The van der Waals surface area contributed by atoms with Crippen molar-refractivity contribution in [3.8, 4) is 0 Å². The molecule has 136 valence electrons. The van der Waals surface area contributed by atoms with Crippen LogP contribution >= 0.6 is 51.2 Å². The number of aliphatic imine (C=N–C) groups is 1. The van der Waals surface area contributed by atoms with Gasteiger partial charge in [-0.3, -0.25) is 4.99 Å². The third-order valence-electron chi connectivity index (χ3n) is 4.52. The van der Waals surface area contributed by atoms with E-state index in [4.69, 9.17) is 0 Å². The Balaban J connectivity index is 0.00000225. The molecule has 0 spiro atoms. The lowest BCUT2D eigenvalue weighted by Gasteiger charge is -2.19.